The molecule has 3 aromatic rings. The molecule has 0 bridgehead atoms. The first-order valence-electron chi connectivity index (χ1n) is 7.69. The predicted octanol–water partition coefficient (Wildman–Crippen LogP) is 2.29. The Morgan fingerprint density at radius 1 is 0.667 bits per heavy atom. The van der Waals surface area contributed by atoms with Gasteiger partial charge >= 0.3 is 0 Å². The van der Waals surface area contributed by atoms with Crippen LogP contribution in [0, 0.1) is 13.8 Å². The van der Waals surface area contributed by atoms with Crippen molar-refractivity contribution < 1.29 is 21.5 Å². The second-order valence-corrected chi connectivity index (χ2v) is 9.16. The van der Waals surface area contributed by atoms with Gasteiger partial charge in [-0.25, -0.2) is 21.5 Å². The molecule has 0 radical (unpaired) electrons. The second kappa shape index (κ2) is 7.00. The number of benzene rings is 2. The smallest absolute Gasteiger partial charge is 0.257 e. The van der Waals surface area contributed by atoms with Crippen LogP contribution >= 0.6 is 0 Å². The summed E-state index contributed by atoms with van der Waals surface area (Å²) in [5.41, 5.74) is 1.78. The maximum absolute atomic E-state index is 12.4. The van der Waals surface area contributed by atoms with E-state index in [0.717, 1.165) is 11.1 Å². The van der Waals surface area contributed by atoms with E-state index < -0.39 is 20.0 Å². The largest absolute Gasteiger partial charge is 0.263 e. The Balaban J connectivity index is 1.86. The fourth-order valence-corrected chi connectivity index (χ4v) is 4.13. The molecule has 142 valence electrons. The van der Waals surface area contributed by atoms with E-state index >= 15 is 0 Å². The third kappa shape index (κ3) is 4.26. The van der Waals surface area contributed by atoms with E-state index in [1.54, 1.807) is 24.3 Å². The minimum atomic E-state index is -4.00. The molecule has 27 heavy (non-hydrogen) atoms. The molecule has 9 nitrogen and oxygen atoms in total. The molecule has 1 heterocycles. The first-order valence-corrected chi connectivity index (χ1v) is 10.7. The van der Waals surface area contributed by atoms with Crippen molar-refractivity contribution in [3.05, 3.63) is 59.7 Å². The maximum Gasteiger partial charge on any atom is 0.263 e. The molecule has 0 aliphatic rings. The Morgan fingerprint density at radius 3 is 1.33 bits per heavy atom. The molecule has 3 rings (SSSR count). The van der Waals surface area contributed by atoms with Gasteiger partial charge in [-0.05, 0) is 48.4 Å². The Labute approximate surface area is 156 Å². The molecule has 0 saturated heterocycles. The van der Waals surface area contributed by atoms with Crippen molar-refractivity contribution >= 4 is 31.7 Å². The summed E-state index contributed by atoms with van der Waals surface area (Å²) in [7, 11) is -7.99. The van der Waals surface area contributed by atoms with Crippen LogP contribution < -0.4 is 9.44 Å². The second-order valence-electron chi connectivity index (χ2n) is 5.80. The molecule has 0 fully saturated rings. The van der Waals surface area contributed by atoms with Crippen LogP contribution in [0.15, 0.2) is 63.0 Å². The van der Waals surface area contributed by atoms with Crippen molar-refractivity contribution in [3.63, 3.8) is 0 Å². The number of aryl methyl sites for hydroxylation is 2. The Bertz CT molecular complexity index is 1060. The highest BCUT2D eigenvalue weighted by molar-refractivity contribution is 7.93. The number of rotatable bonds is 6. The minimum absolute atomic E-state index is 0.0107. The number of hydrogen-bond donors (Lipinski definition) is 2. The van der Waals surface area contributed by atoms with Gasteiger partial charge in [-0.1, -0.05) is 35.4 Å². The molecule has 0 spiro atoms. The van der Waals surface area contributed by atoms with Gasteiger partial charge in [0.05, 0.1) is 9.79 Å². The summed E-state index contributed by atoms with van der Waals surface area (Å²) in [6.45, 7) is 3.65. The van der Waals surface area contributed by atoms with Gasteiger partial charge in [-0.2, -0.15) is 0 Å². The molecule has 0 unspecified atom stereocenters. The van der Waals surface area contributed by atoms with Crippen LogP contribution in [0.25, 0.3) is 0 Å². The van der Waals surface area contributed by atoms with Gasteiger partial charge in [0.1, 0.15) is 0 Å². The topological polar surface area (TPSA) is 131 Å². The summed E-state index contributed by atoms with van der Waals surface area (Å²) in [5.74, 6) is -0.738. The van der Waals surface area contributed by atoms with Crippen LogP contribution in [-0.4, -0.2) is 27.1 Å². The summed E-state index contributed by atoms with van der Waals surface area (Å²) >= 11 is 0. The minimum Gasteiger partial charge on any atom is -0.257 e. The summed E-state index contributed by atoms with van der Waals surface area (Å²) in [6.07, 6.45) is 0. The van der Waals surface area contributed by atoms with Crippen molar-refractivity contribution in [1.82, 2.24) is 10.3 Å². The average molecular weight is 408 g/mol. The first kappa shape index (κ1) is 18.9. The maximum atomic E-state index is 12.4. The molecule has 0 atom stereocenters. The standard InChI is InChI=1S/C16H16N4O5S2/c1-11-3-7-13(8-4-11)26(21,22)19-15-16(18-25-17-15)20-27(23,24)14-9-5-12(2)6-10-14/h3-10H,1-2H3,(H,17,19)(H,18,20). The van der Waals surface area contributed by atoms with Gasteiger partial charge in [-0.3, -0.25) is 9.44 Å². The lowest BCUT2D eigenvalue weighted by Gasteiger charge is -2.08. The number of aromatic nitrogens is 2. The Morgan fingerprint density at radius 2 is 1.00 bits per heavy atom. The zero-order valence-corrected chi connectivity index (χ0v) is 16.0. The van der Waals surface area contributed by atoms with Gasteiger partial charge in [-0.15, -0.1) is 0 Å². The Kier molecular flexibility index (Phi) is 4.89. The Hall–Kier alpha value is -2.92. The van der Waals surface area contributed by atoms with Crippen LogP contribution in [0.3, 0.4) is 0 Å². The van der Waals surface area contributed by atoms with E-state index in [2.05, 4.69) is 24.4 Å². The van der Waals surface area contributed by atoms with Crippen LogP contribution in [0.1, 0.15) is 11.1 Å². The van der Waals surface area contributed by atoms with Gasteiger partial charge in [0.2, 0.25) is 11.6 Å². The lowest BCUT2D eigenvalue weighted by Crippen LogP contribution is -2.17. The number of anilines is 2. The first-order chi connectivity index (χ1) is 12.7. The lowest BCUT2D eigenvalue weighted by molar-refractivity contribution is 0.311. The highest BCUT2D eigenvalue weighted by atomic mass is 32.2. The lowest BCUT2D eigenvalue weighted by atomic mass is 10.2. The zero-order valence-electron chi connectivity index (χ0n) is 14.4. The third-order valence-electron chi connectivity index (χ3n) is 3.61. The van der Waals surface area contributed by atoms with Crippen molar-refractivity contribution in [3.8, 4) is 0 Å². The highest BCUT2D eigenvalue weighted by Crippen LogP contribution is 2.23. The molecule has 0 aliphatic heterocycles. The number of nitrogens with zero attached hydrogens (tertiary/aromatic N) is 2. The zero-order chi connectivity index (χ0) is 19.7. The monoisotopic (exact) mass is 408 g/mol. The molecule has 0 aliphatic carbocycles. The van der Waals surface area contributed by atoms with E-state index in [9.17, 15) is 16.8 Å². The fraction of sp³-hybridized carbons (Fsp3) is 0.125. The summed E-state index contributed by atoms with van der Waals surface area (Å²) in [4.78, 5) is -0.0214. The summed E-state index contributed by atoms with van der Waals surface area (Å²) < 4.78 is 58.6. The van der Waals surface area contributed by atoms with E-state index in [0.29, 0.717) is 0 Å². The van der Waals surface area contributed by atoms with Gasteiger partial charge in [0.15, 0.2) is 0 Å². The highest BCUT2D eigenvalue weighted by Gasteiger charge is 2.23. The van der Waals surface area contributed by atoms with Crippen LogP contribution in [0.5, 0.6) is 0 Å². The van der Waals surface area contributed by atoms with Crippen molar-refractivity contribution in [2.45, 2.75) is 23.6 Å². The van der Waals surface area contributed by atoms with E-state index in [1.807, 2.05) is 13.8 Å². The fourth-order valence-electron chi connectivity index (χ4n) is 2.13. The summed E-state index contributed by atoms with van der Waals surface area (Å²) in [5, 5.41) is 6.87. The number of nitrogens with one attached hydrogen (secondary N) is 2. The van der Waals surface area contributed by atoms with Crippen LogP contribution in [0.2, 0.25) is 0 Å². The van der Waals surface area contributed by atoms with Crippen LogP contribution in [-0.2, 0) is 20.0 Å². The van der Waals surface area contributed by atoms with E-state index in [1.165, 1.54) is 24.3 Å². The third-order valence-corrected chi connectivity index (χ3v) is 6.32. The normalized spacial score (nSPS) is 11.9. The molecular formula is C16H16N4O5S2. The van der Waals surface area contributed by atoms with Gasteiger partial charge in [0, 0.05) is 0 Å². The van der Waals surface area contributed by atoms with Gasteiger partial charge < -0.3 is 0 Å². The van der Waals surface area contributed by atoms with Crippen LogP contribution in [0.4, 0.5) is 11.6 Å². The number of hydrogen-bond acceptors (Lipinski definition) is 7. The molecule has 11 heteroatoms. The molecular weight excluding hydrogens is 392 g/mol. The molecule has 1 aromatic heterocycles. The van der Waals surface area contributed by atoms with E-state index in [4.69, 9.17) is 0 Å². The van der Waals surface area contributed by atoms with Crippen molar-refractivity contribution in [2.24, 2.45) is 0 Å². The van der Waals surface area contributed by atoms with Crippen molar-refractivity contribution in [2.75, 3.05) is 9.44 Å². The predicted molar refractivity (Wildman–Crippen MR) is 98.3 cm³/mol. The quantitative estimate of drug-likeness (QED) is 0.639. The molecule has 2 N–H and O–H groups in total. The SMILES string of the molecule is Cc1ccc(S(=O)(=O)Nc2nonc2NS(=O)(=O)c2ccc(C)cc2)cc1. The average Bonchev–Trinajstić information content (AvgIpc) is 3.01. The summed E-state index contributed by atoms with van der Waals surface area (Å²) in [6, 6.07) is 12.2. The molecule has 0 amide bonds. The molecule has 0 saturated carbocycles. The molecule has 2 aromatic carbocycles. The van der Waals surface area contributed by atoms with E-state index in [-0.39, 0.29) is 21.4 Å². The van der Waals surface area contributed by atoms with Gasteiger partial charge in [0.25, 0.3) is 20.0 Å². The number of sulfonamides is 2. The van der Waals surface area contributed by atoms with Crippen molar-refractivity contribution in [1.29, 1.82) is 0 Å².